The highest BCUT2D eigenvalue weighted by atomic mass is 32.2. The molecule has 1 amide bonds. The summed E-state index contributed by atoms with van der Waals surface area (Å²) < 4.78 is 5.06. The number of nitrogens with two attached hydrogens (primary N) is 1. The largest absolute Gasteiger partial charge is 0.467 e. The highest BCUT2D eigenvalue weighted by Gasteiger charge is 2.14. The van der Waals surface area contributed by atoms with E-state index in [-0.39, 0.29) is 16.3 Å². The molecule has 0 aromatic carbocycles. The van der Waals surface area contributed by atoms with Gasteiger partial charge in [0.15, 0.2) is 5.17 Å². The van der Waals surface area contributed by atoms with Gasteiger partial charge < -0.3 is 15.5 Å². The maximum Gasteiger partial charge on any atom is 0.233 e. The van der Waals surface area contributed by atoms with Crippen molar-refractivity contribution < 1.29 is 9.21 Å². The molecule has 0 saturated carbocycles. The van der Waals surface area contributed by atoms with Crippen LogP contribution in [-0.2, 0) is 11.3 Å². The minimum atomic E-state index is -0.363. The second kappa shape index (κ2) is 5.45. The number of carbonyl (C=O) groups is 1. The molecule has 0 aliphatic heterocycles. The summed E-state index contributed by atoms with van der Waals surface area (Å²) in [5.41, 5.74) is 5.17. The lowest BCUT2D eigenvalue weighted by Gasteiger charge is -2.09. The number of furan rings is 1. The van der Waals surface area contributed by atoms with Crippen LogP contribution in [0.15, 0.2) is 22.8 Å². The van der Waals surface area contributed by atoms with Crippen molar-refractivity contribution in [1.82, 2.24) is 5.32 Å². The first-order chi connectivity index (χ1) is 7.09. The van der Waals surface area contributed by atoms with Crippen LogP contribution in [-0.4, -0.2) is 16.3 Å². The number of thioether (sulfide) groups is 1. The summed E-state index contributed by atoms with van der Waals surface area (Å²) in [4.78, 5) is 11.4. The molecule has 0 spiro atoms. The Bertz CT molecular complexity index is 337. The second-order valence-electron chi connectivity index (χ2n) is 2.92. The molecule has 5 nitrogen and oxygen atoms in total. The van der Waals surface area contributed by atoms with Gasteiger partial charge in [0.2, 0.25) is 5.91 Å². The molecule has 15 heavy (non-hydrogen) atoms. The van der Waals surface area contributed by atoms with E-state index in [1.54, 1.807) is 25.3 Å². The molecule has 0 saturated heterocycles. The highest BCUT2D eigenvalue weighted by molar-refractivity contribution is 8.14. The van der Waals surface area contributed by atoms with Gasteiger partial charge in [-0.15, -0.1) is 0 Å². The lowest BCUT2D eigenvalue weighted by molar-refractivity contribution is -0.120. The zero-order valence-corrected chi connectivity index (χ0v) is 9.14. The fourth-order valence-corrected chi connectivity index (χ4v) is 1.55. The van der Waals surface area contributed by atoms with E-state index in [1.165, 1.54) is 0 Å². The van der Waals surface area contributed by atoms with E-state index < -0.39 is 0 Å². The van der Waals surface area contributed by atoms with Crippen molar-refractivity contribution >= 4 is 22.8 Å². The van der Waals surface area contributed by atoms with Crippen LogP contribution in [0.4, 0.5) is 0 Å². The van der Waals surface area contributed by atoms with Crippen molar-refractivity contribution in [3.63, 3.8) is 0 Å². The van der Waals surface area contributed by atoms with Gasteiger partial charge in [-0.2, -0.15) is 0 Å². The van der Waals surface area contributed by atoms with Crippen LogP contribution < -0.4 is 11.1 Å². The Labute approximate surface area is 91.9 Å². The predicted octanol–water partition coefficient (Wildman–Crippen LogP) is 0.911. The van der Waals surface area contributed by atoms with E-state index in [0.29, 0.717) is 12.3 Å². The number of rotatable bonds is 4. The monoisotopic (exact) mass is 227 g/mol. The van der Waals surface area contributed by atoms with Crippen molar-refractivity contribution in [2.75, 3.05) is 0 Å². The van der Waals surface area contributed by atoms with Crippen LogP contribution in [0.3, 0.4) is 0 Å². The summed E-state index contributed by atoms with van der Waals surface area (Å²) in [5, 5.41) is 9.29. The molecule has 1 unspecified atom stereocenters. The third kappa shape index (κ3) is 4.07. The SMILES string of the molecule is CC(SC(=N)N)C(=O)NCc1ccco1. The minimum absolute atomic E-state index is 0.0596. The molecule has 1 aromatic heterocycles. The number of amidine groups is 1. The average molecular weight is 227 g/mol. The Morgan fingerprint density at radius 2 is 2.53 bits per heavy atom. The molecule has 4 N–H and O–H groups in total. The maximum absolute atomic E-state index is 11.4. The molecular formula is C9H13N3O2S. The van der Waals surface area contributed by atoms with Crippen molar-refractivity contribution in [2.45, 2.75) is 18.7 Å². The van der Waals surface area contributed by atoms with Crippen LogP contribution in [0.5, 0.6) is 0 Å². The molecular weight excluding hydrogens is 214 g/mol. The van der Waals surface area contributed by atoms with E-state index in [4.69, 9.17) is 15.6 Å². The van der Waals surface area contributed by atoms with Crippen LogP contribution in [0.2, 0.25) is 0 Å². The molecule has 0 bridgehead atoms. The van der Waals surface area contributed by atoms with E-state index in [2.05, 4.69) is 5.32 Å². The highest BCUT2D eigenvalue weighted by Crippen LogP contribution is 2.09. The first-order valence-electron chi connectivity index (χ1n) is 4.40. The fourth-order valence-electron chi connectivity index (χ4n) is 0.975. The third-order valence-electron chi connectivity index (χ3n) is 1.69. The molecule has 0 aliphatic rings. The zero-order valence-electron chi connectivity index (χ0n) is 8.32. The first-order valence-corrected chi connectivity index (χ1v) is 5.28. The predicted molar refractivity (Wildman–Crippen MR) is 59.5 cm³/mol. The van der Waals surface area contributed by atoms with Gasteiger partial charge in [0.05, 0.1) is 18.1 Å². The Kier molecular flexibility index (Phi) is 4.23. The second-order valence-corrected chi connectivity index (χ2v) is 4.30. The number of amides is 1. The summed E-state index contributed by atoms with van der Waals surface area (Å²) in [6, 6.07) is 3.54. The molecule has 82 valence electrons. The van der Waals surface area contributed by atoms with Gasteiger partial charge in [-0.3, -0.25) is 10.2 Å². The van der Waals surface area contributed by atoms with Gasteiger partial charge >= 0.3 is 0 Å². The molecule has 1 atom stereocenters. The smallest absolute Gasteiger partial charge is 0.233 e. The number of hydrogen-bond acceptors (Lipinski definition) is 4. The standard InChI is InChI=1S/C9H13N3O2S/c1-6(15-9(10)11)8(13)12-5-7-3-2-4-14-7/h2-4,6H,5H2,1H3,(H3,10,11)(H,12,13). The Balaban J connectivity index is 2.32. The van der Waals surface area contributed by atoms with Crippen molar-refractivity contribution in [3.05, 3.63) is 24.2 Å². The van der Waals surface area contributed by atoms with Gasteiger partial charge in [-0.05, 0) is 19.1 Å². The van der Waals surface area contributed by atoms with Crippen LogP contribution >= 0.6 is 11.8 Å². The van der Waals surface area contributed by atoms with E-state index in [1.807, 2.05) is 0 Å². The zero-order chi connectivity index (χ0) is 11.3. The molecule has 1 rings (SSSR count). The Hall–Kier alpha value is -1.43. The summed E-state index contributed by atoms with van der Waals surface area (Å²) in [5.74, 6) is 0.537. The van der Waals surface area contributed by atoms with Gasteiger partial charge in [-0.1, -0.05) is 11.8 Å². The van der Waals surface area contributed by atoms with E-state index in [0.717, 1.165) is 11.8 Å². The van der Waals surface area contributed by atoms with Crippen molar-refractivity contribution in [2.24, 2.45) is 5.73 Å². The molecule has 0 aliphatic carbocycles. The van der Waals surface area contributed by atoms with Crippen molar-refractivity contribution in [3.8, 4) is 0 Å². The van der Waals surface area contributed by atoms with Gasteiger partial charge in [0.25, 0.3) is 0 Å². The first kappa shape index (κ1) is 11.6. The summed E-state index contributed by atoms with van der Waals surface area (Å²) >= 11 is 1.02. The third-order valence-corrected chi connectivity index (χ3v) is 2.51. The molecule has 6 heteroatoms. The number of carbonyl (C=O) groups excluding carboxylic acids is 1. The lowest BCUT2D eigenvalue weighted by Crippen LogP contribution is -2.31. The summed E-state index contributed by atoms with van der Waals surface area (Å²) in [7, 11) is 0. The normalized spacial score (nSPS) is 12.1. The van der Waals surface area contributed by atoms with Gasteiger partial charge in [0, 0.05) is 0 Å². The fraction of sp³-hybridized carbons (Fsp3) is 0.333. The average Bonchev–Trinajstić information content (AvgIpc) is 2.65. The van der Waals surface area contributed by atoms with Crippen LogP contribution in [0.25, 0.3) is 0 Å². The van der Waals surface area contributed by atoms with E-state index >= 15 is 0 Å². The van der Waals surface area contributed by atoms with E-state index in [9.17, 15) is 4.79 Å². The summed E-state index contributed by atoms with van der Waals surface area (Å²) in [6.45, 7) is 2.05. The lowest BCUT2D eigenvalue weighted by atomic mass is 10.4. The summed E-state index contributed by atoms with van der Waals surface area (Å²) in [6.07, 6.45) is 1.55. The van der Waals surface area contributed by atoms with Gasteiger partial charge in [0.1, 0.15) is 5.76 Å². The number of hydrogen-bond donors (Lipinski definition) is 3. The van der Waals surface area contributed by atoms with Crippen molar-refractivity contribution in [1.29, 1.82) is 5.41 Å². The minimum Gasteiger partial charge on any atom is -0.467 e. The Morgan fingerprint density at radius 3 is 3.07 bits per heavy atom. The number of nitrogens with one attached hydrogen (secondary N) is 2. The van der Waals surface area contributed by atoms with Crippen LogP contribution in [0, 0.1) is 5.41 Å². The van der Waals surface area contributed by atoms with Crippen LogP contribution in [0.1, 0.15) is 12.7 Å². The Morgan fingerprint density at radius 1 is 1.80 bits per heavy atom. The van der Waals surface area contributed by atoms with Gasteiger partial charge in [-0.25, -0.2) is 0 Å². The molecule has 0 radical (unpaired) electrons. The molecule has 1 heterocycles. The molecule has 1 aromatic rings. The quantitative estimate of drug-likeness (QED) is 0.526. The molecule has 0 fully saturated rings. The topological polar surface area (TPSA) is 92.1 Å². The maximum atomic E-state index is 11.4.